The summed E-state index contributed by atoms with van der Waals surface area (Å²) in [6, 6.07) is 6.36. The number of nitro groups is 1. The average molecular weight is 290 g/mol. The van der Waals surface area contributed by atoms with Gasteiger partial charge in [0.15, 0.2) is 0 Å². The van der Waals surface area contributed by atoms with Crippen LogP contribution in [0.2, 0.25) is 0 Å². The van der Waals surface area contributed by atoms with Crippen LogP contribution in [0.25, 0.3) is 0 Å². The number of non-ortho nitro benzene ring substituents is 1. The molecule has 0 atom stereocenters. The van der Waals surface area contributed by atoms with E-state index in [9.17, 15) is 10.1 Å². The van der Waals surface area contributed by atoms with Crippen molar-refractivity contribution in [1.82, 2.24) is 0 Å². The van der Waals surface area contributed by atoms with E-state index in [1.54, 1.807) is 12.1 Å². The molecular formula is C8H6N2O2Te. The number of nitrogens with zero attached hydrogens (tertiary/aromatic N) is 2. The third-order valence-corrected chi connectivity index (χ3v) is 3.18. The molecule has 1 aromatic rings. The van der Waals surface area contributed by atoms with Crippen LogP contribution < -0.4 is 0 Å². The maximum atomic E-state index is 10.3. The van der Waals surface area contributed by atoms with E-state index in [0.717, 1.165) is 10.0 Å². The van der Waals surface area contributed by atoms with E-state index < -0.39 is 25.8 Å². The van der Waals surface area contributed by atoms with Crippen LogP contribution in [-0.2, 0) is 4.47 Å². The number of rotatable bonds is 3. The quantitative estimate of drug-likeness (QED) is 0.478. The van der Waals surface area contributed by atoms with Gasteiger partial charge >= 0.3 is 85.3 Å². The summed E-state index contributed by atoms with van der Waals surface area (Å²) in [5.41, 5.74) is 1.11. The van der Waals surface area contributed by atoms with E-state index in [1.807, 2.05) is 0 Å². The molecule has 0 aromatic heterocycles. The van der Waals surface area contributed by atoms with Crippen molar-refractivity contribution in [2.45, 2.75) is 4.47 Å². The third-order valence-electron chi connectivity index (χ3n) is 1.45. The van der Waals surface area contributed by atoms with Crippen LogP contribution >= 0.6 is 0 Å². The summed E-state index contributed by atoms with van der Waals surface area (Å²) in [5.74, 6) is 0. The third kappa shape index (κ3) is 3.02. The van der Waals surface area contributed by atoms with Gasteiger partial charge in [0, 0.05) is 0 Å². The molecule has 0 heterocycles. The van der Waals surface area contributed by atoms with Gasteiger partial charge < -0.3 is 0 Å². The van der Waals surface area contributed by atoms with Crippen molar-refractivity contribution in [3.63, 3.8) is 0 Å². The van der Waals surface area contributed by atoms with Crippen LogP contribution in [0.1, 0.15) is 5.56 Å². The fourth-order valence-corrected chi connectivity index (χ4v) is 2.04. The minimum atomic E-state index is -0.601. The zero-order chi connectivity index (χ0) is 9.68. The molecule has 0 bridgehead atoms. The zero-order valence-electron chi connectivity index (χ0n) is 6.64. The fraction of sp³-hybridized carbons (Fsp3) is 0.125. The molecule has 0 N–H and O–H groups in total. The fourth-order valence-electron chi connectivity index (χ4n) is 0.829. The maximum absolute atomic E-state index is 10.3. The molecule has 0 unspecified atom stereocenters. The average Bonchev–Trinajstić information content (AvgIpc) is 2.15. The molecule has 0 spiro atoms. The summed E-state index contributed by atoms with van der Waals surface area (Å²) < 4.78 is 2.93. The first-order valence-corrected chi connectivity index (χ1v) is 6.29. The van der Waals surface area contributed by atoms with Crippen LogP contribution in [0.4, 0.5) is 5.69 Å². The summed E-state index contributed by atoms with van der Waals surface area (Å²) >= 11 is -0.601. The van der Waals surface area contributed by atoms with Gasteiger partial charge in [-0.15, -0.1) is 0 Å². The first-order valence-electron chi connectivity index (χ1n) is 3.48. The van der Waals surface area contributed by atoms with Gasteiger partial charge in [0.2, 0.25) is 0 Å². The first-order chi connectivity index (χ1) is 6.24. The molecule has 66 valence electrons. The summed E-state index contributed by atoms with van der Waals surface area (Å²) in [6.07, 6.45) is 0. The van der Waals surface area contributed by atoms with Crippen molar-refractivity contribution in [2.24, 2.45) is 0 Å². The van der Waals surface area contributed by atoms with Crippen LogP contribution in [0.3, 0.4) is 0 Å². The summed E-state index contributed by atoms with van der Waals surface area (Å²) in [5, 5.41) is 18.7. The van der Waals surface area contributed by atoms with E-state index in [4.69, 9.17) is 5.26 Å². The first kappa shape index (κ1) is 9.98. The SMILES string of the molecule is N#C[Te]Cc1ccc([N+](=O)[O-])cc1. The normalized spacial score (nSPS) is 9.15. The molecule has 13 heavy (non-hydrogen) atoms. The molecule has 4 nitrogen and oxygen atoms in total. The zero-order valence-corrected chi connectivity index (χ0v) is 8.97. The Morgan fingerprint density at radius 1 is 1.46 bits per heavy atom. The van der Waals surface area contributed by atoms with Crippen LogP contribution in [-0.4, -0.2) is 25.8 Å². The number of hydrogen-bond donors (Lipinski definition) is 0. The molecule has 0 fully saturated rings. The van der Waals surface area contributed by atoms with E-state index in [-0.39, 0.29) is 5.69 Å². The van der Waals surface area contributed by atoms with Crippen molar-refractivity contribution >= 4 is 26.6 Å². The molecule has 0 aliphatic carbocycles. The molecule has 0 radical (unpaired) electrons. The summed E-state index contributed by atoms with van der Waals surface area (Å²) in [7, 11) is 0. The molecule has 5 heteroatoms. The Morgan fingerprint density at radius 3 is 2.54 bits per heavy atom. The second-order valence-corrected chi connectivity index (χ2v) is 4.47. The second kappa shape index (κ2) is 4.81. The predicted octanol–water partition coefficient (Wildman–Crippen LogP) is 1.28. The van der Waals surface area contributed by atoms with Gasteiger partial charge in [0.05, 0.1) is 0 Å². The van der Waals surface area contributed by atoms with Crippen LogP contribution in [0, 0.1) is 19.5 Å². The van der Waals surface area contributed by atoms with Gasteiger partial charge in [-0.1, -0.05) is 0 Å². The van der Waals surface area contributed by atoms with Gasteiger partial charge in [-0.25, -0.2) is 0 Å². The van der Waals surface area contributed by atoms with E-state index in [0.29, 0.717) is 0 Å². The Bertz CT molecular complexity index is 342. The van der Waals surface area contributed by atoms with Gasteiger partial charge in [-0.05, 0) is 0 Å². The Labute approximate surface area is 85.4 Å². The summed E-state index contributed by atoms with van der Waals surface area (Å²) in [6.45, 7) is 0. The molecule has 0 saturated carbocycles. The van der Waals surface area contributed by atoms with Crippen LogP contribution in [0.5, 0.6) is 0 Å². The van der Waals surface area contributed by atoms with Gasteiger partial charge in [0.1, 0.15) is 0 Å². The van der Waals surface area contributed by atoms with Crippen molar-refractivity contribution < 1.29 is 4.92 Å². The second-order valence-electron chi connectivity index (χ2n) is 2.30. The Balaban J connectivity index is 2.71. The van der Waals surface area contributed by atoms with Gasteiger partial charge in [0.25, 0.3) is 0 Å². The van der Waals surface area contributed by atoms with Crippen molar-refractivity contribution in [2.75, 3.05) is 0 Å². The van der Waals surface area contributed by atoms with E-state index >= 15 is 0 Å². The summed E-state index contributed by atoms with van der Waals surface area (Å²) in [4.78, 5) is 9.86. The van der Waals surface area contributed by atoms with Crippen molar-refractivity contribution in [3.05, 3.63) is 39.9 Å². The number of benzene rings is 1. The molecule has 0 saturated heterocycles. The molecule has 0 aliphatic rings. The number of nitriles is 1. The van der Waals surface area contributed by atoms with Gasteiger partial charge in [-0.2, -0.15) is 0 Å². The monoisotopic (exact) mass is 292 g/mol. The molecule has 0 amide bonds. The standard InChI is InChI=1S/C8H6N2O2Te/c9-6-13-5-7-1-3-8(4-2-7)10(11)12/h1-4H,5H2. The number of hydrogen-bond acceptors (Lipinski definition) is 3. The van der Waals surface area contributed by atoms with Crippen molar-refractivity contribution in [3.8, 4) is 4.12 Å². The predicted molar refractivity (Wildman–Crippen MR) is 48.2 cm³/mol. The van der Waals surface area contributed by atoms with Gasteiger partial charge in [-0.3, -0.25) is 0 Å². The van der Waals surface area contributed by atoms with E-state index in [1.165, 1.54) is 12.1 Å². The van der Waals surface area contributed by atoms with Crippen LogP contribution in [0.15, 0.2) is 24.3 Å². The van der Waals surface area contributed by atoms with E-state index in [2.05, 4.69) is 4.12 Å². The Kier molecular flexibility index (Phi) is 3.70. The number of nitro benzene ring substituents is 1. The Morgan fingerprint density at radius 2 is 2.08 bits per heavy atom. The molecule has 0 aliphatic heterocycles. The molecule has 1 aromatic carbocycles. The topological polar surface area (TPSA) is 66.9 Å². The Hall–Kier alpha value is -1.10. The molecular weight excluding hydrogens is 284 g/mol. The van der Waals surface area contributed by atoms with Crippen molar-refractivity contribution in [1.29, 1.82) is 5.26 Å². The molecule has 1 rings (SSSR count). The minimum absolute atomic E-state index is 0.0984.